The Hall–Kier alpha value is -0.323. The first-order valence-electron chi connectivity index (χ1n) is 2.54. The van der Waals surface area contributed by atoms with Gasteiger partial charge in [-0.2, -0.15) is 0 Å². The molecule has 1 heterocycles. The van der Waals surface area contributed by atoms with Gasteiger partial charge in [0.25, 0.3) is 0 Å². The Balaban J connectivity index is 3.03. The summed E-state index contributed by atoms with van der Waals surface area (Å²) in [5, 5.41) is 0. The number of nitrogens with zero attached hydrogens (tertiary/aromatic N) is 2. The van der Waals surface area contributed by atoms with E-state index in [1.54, 1.807) is 0 Å². The molecular formula is C5H5LiN2. The zero-order valence-corrected chi connectivity index (χ0v) is 5.05. The SMILES string of the molecule is [Li][c]1cnc(C)nc1. The second kappa shape index (κ2) is 2.30. The summed E-state index contributed by atoms with van der Waals surface area (Å²) in [4.78, 5) is 7.94. The van der Waals surface area contributed by atoms with Crippen LogP contribution in [0.5, 0.6) is 0 Å². The second-order valence-electron chi connectivity index (χ2n) is 1.81. The molecule has 36 valence electrons. The van der Waals surface area contributed by atoms with Gasteiger partial charge in [-0.3, -0.25) is 0 Å². The van der Waals surface area contributed by atoms with E-state index in [1.807, 2.05) is 37.0 Å². The molecule has 0 atom stereocenters. The fourth-order valence-corrected chi connectivity index (χ4v) is 0.457. The van der Waals surface area contributed by atoms with Crippen molar-refractivity contribution in [1.29, 1.82) is 0 Å². The predicted molar refractivity (Wildman–Crippen MR) is 32.2 cm³/mol. The zero-order valence-electron chi connectivity index (χ0n) is 5.05. The van der Waals surface area contributed by atoms with Crippen LogP contribution < -0.4 is 4.24 Å². The molecule has 0 saturated heterocycles. The maximum absolute atomic E-state index is 3.97. The van der Waals surface area contributed by atoms with Crippen LogP contribution in [0, 0.1) is 6.92 Å². The summed E-state index contributed by atoms with van der Waals surface area (Å²) < 4.78 is 1.11. The molecule has 0 aromatic carbocycles. The maximum atomic E-state index is 3.97. The minimum absolute atomic E-state index is 0.829. The van der Waals surface area contributed by atoms with E-state index < -0.39 is 0 Å². The van der Waals surface area contributed by atoms with Crippen molar-refractivity contribution in [3.63, 3.8) is 0 Å². The summed E-state index contributed by atoms with van der Waals surface area (Å²) in [7, 11) is 0. The van der Waals surface area contributed by atoms with E-state index in [4.69, 9.17) is 0 Å². The van der Waals surface area contributed by atoms with Gasteiger partial charge in [-0.1, -0.05) is 0 Å². The van der Waals surface area contributed by atoms with Crippen LogP contribution in [0.15, 0.2) is 12.4 Å². The van der Waals surface area contributed by atoms with Gasteiger partial charge >= 0.3 is 57.1 Å². The molecule has 2 nitrogen and oxygen atoms in total. The fraction of sp³-hybridized carbons (Fsp3) is 0.200. The van der Waals surface area contributed by atoms with Crippen molar-refractivity contribution in [2.45, 2.75) is 6.92 Å². The molecule has 1 aromatic heterocycles. The third kappa shape index (κ3) is 1.33. The molecule has 3 heteroatoms. The topological polar surface area (TPSA) is 25.8 Å². The van der Waals surface area contributed by atoms with Crippen molar-refractivity contribution >= 4 is 22.0 Å². The van der Waals surface area contributed by atoms with Crippen LogP contribution in [0.4, 0.5) is 0 Å². The summed E-state index contributed by atoms with van der Waals surface area (Å²) in [5.41, 5.74) is 0. The van der Waals surface area contributed by atoms with E-state index in [2.05, 4.69) is 9.97 Å². The Morgan fingerprint density at radius 3 is 2.25 bits per heavy atom. The van der Waals surface area contributed by atoms with Gasteiger partial charge in [0.2, 0.25) is 0 Å². The number of hydrogen-bond donors (Lipinski definition) is 0. The molecular weight excluding hydrogens is 95.0 g/mol. The number of rotatable bonds is 0. The van der Waals surface area contributed by atoms with Gasteiger partial charge in [-0.15, -0.1) is 0 Å². The molecule has 0 aliphatic heterocycles. The number of aromatic nitrogens is 2. The molecule has 0 bridgehead atoms. The first kappa shape index (κ1) is 5.81. The molecule has 0 amide bonds. The molecule has 0 radical (unpaired) electrons. The van der Waals surface area contributed by atoms with Crippen LogP contribution in [0.3, 0.4) is 0 Å². The standard InChI is InChI=1S/C5H5N2.Li/c1-5-6-3-2-4-7-5;/h3-4H,1H3;. The molecule has 0 N–H and O–H groups in total. The number of aryl methyl sites for hydroxylation is 1. The Bertz CT molecular complexity index is 149. The summed E-state index contributed by atoms with van der Waals surface area (Å²) in [6.45, 7) is 1.87. The van der Waals surface area contributed by atoms with E-state index in [9.17, 15) is 0 Å². The average molecular weight is 100 g/mol. The second-order valence-corrected chi connectivity index (χ2v) is 1.81. The Labute approximate surface area is 57.6 Å². The van der Waals surface area contributed by atoms with Gasteiger partial charge in [0.15, 0.2) is 0 Å². The minimum atomic E-state index is 0.829. The van der Waals surface area contributed by atoms with E-state index in [1.165, 1.54) is 0 Å². The molecule has 0 spiro atoms. The van der Waals surface area contributed by atoms with Crippen molar-refractivity contribution in [1.82, 2.24) is 9.97 Å². The van der Waals surface area contributed by atoms with Crippen LogP contribution in [-0.2, 0) is 0 Å². The molecule has 0 aliphatic rings. The van der Waals surface area contributed by atoms with E-state index in [-0.39, 0.29) is 0 Å². The Kier molecular flexibility index (Phi) is 1.67. The van der Waals surface area contributed by atoms with Crippen molar-refractivity contribution in [2.75, 3.05) is 0 Å². The van der Waals surface area contributed by atoms with E-state index in [0.29, 0.717) is 0 Å². The van der Waals surface area contributed by atoms with E-state index in [0.717, 1.165) is 10.1 Å². The third-order valence-electron chi connectivity index (χ3n) is 0.910. The van der Waals surface area contributed by atoms with Gasteiger partial charge in [0, 0.05) is 0 Å². The monoisotopic (exact) mass is 100 g/mol. The van der Waals surface area contributed by atoms with Gasteiger partial charge in [-0.25, -0.2) is 0 Å². The number of hydrogen-bond acceptors (Lipinski definition) is 2. The molecule has 0 saturated carbocycles. The Morgan fingerprint density at radius 2 is 1.88 bits per heavy atom. The van der Waals surface area contributed by atoms with Crippen LogP contribution in [-0.4, -0.2) is 27.7 Å². The van der Waals surface area contributed by atoms with Crippen LogP contribution in [0.25, 0.3) is 0 Å². The first-order valence-corrected chi connectivity index (χ1v) is 2.54. The zero-order chi connectivity index (χ0) is 5.98. The third-order valence-corrected chi connectivity index (χ3v) is 0.910. The van der Waals surface area contributed by atoms with Crippen LogP contribution in [0.2, 0.25) is 0 Å². The van der Waals surface area contributed by atoms with Crippen LogP contribution in [0.1, 0.15) is 5.82 Å². The molecule has 0 aliphatic carbocycles. The van der Waals surface area contributed by atoms with Gasteiger partial charge < -0.3 is 0 Å². The quantitative estimate of drug-likeness (QED) is 0.414. The molecule has 0 unspecified atom stereocenters. The van der Waals surface area contributed by atoms with Crippen molar-refractivity contribution < 1.29 is 0 Å². The van der Waals surface area contributed by atoms with Gasteiger partial charge in [-0.05, 0) is 0 Å². The first-order chi connectivity index (χ1) is 3.79. The molecule has 8 heavy (non-hydrogen) atoms. The molecule has 0 fully saturated rings. The van der Waals surface area contributed by atoms with Gasteiger partial charge in [0.05, 0.1) is 0 Å². The normalized spacial score (nSPS) is 9.38. The predicted octanol–water partition coefficient (Wildman–Crippen LogP) is -0.421. The van der Waals surface area contributed by atoms with Crippen molar-refractivity contribution in [2.24, 2.45) is 0 Å². The average Bonchev–Trinajstić information content (AvgIpc) is 1.77. The summed E-state index contributed by atoms with van der Waals surface area (Å²) in [6.07, 6.45) is 3.62. The Morgan fingerprint density at radius 1 is 1.38 bits per heavy atom. The van der Waals surface area contributed by atoms with E-state index >= 15 is 0 Å². The fourth-order valence-electron chi connectivity index (χ4n) is 0.457. The molecule has 1 aromatic rings. The van der Waals surface area contributed by atoms with Crippen molar-refractivity contribution in [3.8, 4) is 0 Å². The summed E-state index contributed by atoms with van der Waals surface area (Å²) in [5.74, 6) is 0.829. The van der Waals surface area contributed by atoms with Crippen molar-refractivity contribution in [3.05, 3.63) is 18.2 Å². The molecule has 1 rings (SSSR count). The van der Waals surface area contributed by atoms with Crippen LogP contribution >= 0.6 is 0 Å². The van der Waals surface area contributed by atoms with Gasteiger partial charge in [0.1, 0.15) is 0 Å². The summed E-state index contributed by atoms with van der Waals surface area (Å²) >= 11 is 1.97. The summed E-state index contributed by atoms with van der Waals surface area (Å²) in [6, 6.07) is 0.